The van der Waals surface area contributed by atoms with Crippen LogP contribution in [0.3, 0.4) is 0 Å². The van der Waals surface area contributed by atoms with Crippen LogP contribution in [0.25, 0.3) is 0 Å². The number of carbonyl (C=O) groups excluding carboxylic acids is 2. The quantitative estimate of drug-likeness (QED) is 0.808. The van der Waals surface area contributed by atoms with E-state index < -0.39 is 0 Å². The van der Waals surface area contributed by atoms with Crippen LogP contribution in [0.2, 0.25) is 0 Å². The van der Waals surface area contributed by atoms with E-state index in [1.54, 1.807) is 31.4 Å². The highest BCUT2D eigenvalue weighted by atomic mass is 16.2. The van der Waals surface area contributed by atoms with E-state index in [1.165, 1.54) is 0 Å². The van der Waals surface area contributed by atoms with E-state index in [9.17, 15) is 9.59 Å². The topological polar surface area (TPSA) is 60.0 Å². The Balaban J connectivity index is 1.60. The minimum absolute atomic E-state index is 0.0472. The third kappa shape index (κ3) is 4.33. The zero-order valence-corrected chi connectivity index (χ0v) is 16.0. The van der Waals surface area contributed by atoms with Crippen molar-refractivity contribution in [2.24, 2.45) is 5.92 Å². The van der Waals surface area contributed by atoms with Gasteiger partial charge >= 0.3 is 6.03 Å². The molecule has 0 saturated carbocycles. The lowest BCUT2D eigenvalue weighted by Crippen LogP contribution is -2.50. The maximum atomic E-state index is 12.9. The number of carbonyl (C=O) groups is 2. The number of nitrogens with zero attached hydrogens (tertiary/aromatic N) is 5. The first-order chi connectivity index (χ1) is 12.4. The summed E-state index contributed by atoms with van der Waals surface area (Å²) >= 11 is 0. The van der Waals surface area contributed by atoms with Crippen molar-refractivity contribution in [1.29, 1.82) is 0 Å². The number of hydrogen-bond donors (Lipinski definition) is 0. The molecule has 3 fully saturated rings. The Labute approximate surface area is 155 Å². The molecular formula is C19H29N5O2. The second kappa shape index (κ2) is 8.03. The summed E-state index contributed by atoms with van der Waals surface area (Å²) < 4.78 is 0. The van der Waals surface area contributed by atoms with E-state index in [4.69, 9.17) is 0 Å². The molecule has 0 spiro atoms. The first-order valence-electron chi connectivity index (χ1n) is 9.27. The Hall–Kier alpha value is -2.15. The Kier molecular flexibility index (Phi) is 5.76. The lowest BCUT2D eigenvalue weighted by Gasteiger charge is -2.37. The SMILES string of the molecule is CN(CC(=O)N1C[C@@H]2CC[C@H]1CN(C(=O)N(C)C)C2)Cc1ccncc1. The first kappa shape index (κ1) is 18.6. The molecular weight excluding hydrogens is 330 g/mol. The van der Waals surface area contributed by atoms with Crippen LogP contribution in [0, 0.1) is 5.92 Å². The lowest BCUT2D eigenvalue weighted by atomic mass is 9.95. The maximum absolute atomic E-state index is 12.9. The number of piperidine rings is 1. The van der Waals surface area contributed by atoms with Crippen LogP contribution < -0.4 is 0 Å². The van der Waals surface area contributed by atoms with Crippen molar-refractivity contribution < 1.29 is 9.59 Å². The first-order valence-corrected chi connectivity index (χ1v) is 9.27. The second-order valence-corrected chi connectivity index (χ2v) is 7.75. The lowest BCUT2D eigenvalue weighted by molar-refractivity contribution is -0.136. The largest absolute Gasteiger partial charge is 0.336 e. The number of rotatable bonds is 4. The van der Waals surface area contributed by atoms with Crippen molar-refractivity contribution in [2.45, 2.75) is 25.4 Å². The average molecular weight is 359 g/mol. The molecule has 0 aliphatic carbocycles. The number of likely N-dealkylation sites (N-methyl/N-ethyl adjacent to an activating group) is 1. The van der Waals surface area contributed by atoms with Crippen LogP contribution >= 0.6 is 0 Å². The van der Waals surface area contributed by atoms with E-state index >= 15 is 0 Å². The number of pyridine rings is 1. The second-order valence-electron chi connectivity index (χ2n) is 7.75. The van der Waals surface area contributed by atoms with Gasteiger partial charge in [0, 0.05) is 58.7 Å². The molecule has 1 aromatic rings. The molecule has 2 atom stereocenters. The van der Waals surface area contributed by atoms with E-state index in [2.05, 4.69) is 4.98 Å². The van der Waals surface area contributed by atoms with Crippen LogP contribution in [-0.2, 0) is 11.3 Å². The van der Waals surface area contributed by atoms with Gasteiger partial charge in [-0.25, -0.2) is 4.79 Å². The van der Waals surface area contributed by atoms with Crippen molar-refractivity contribution in [3.05, 3.63) is 30.1 Å². The average Bonchev–Trinajstić information content (AvgIpc) is 2.93. The summed E-state index contributed by atoms with van der Waals surface area (Å²) in [5.41, 5.74) is 1.15. The van der Waals surface area contributed by atoms with Crippen molar-refractivity contribution in [2.75, 3.05) is 47.3 Å². The number of aromatic nitrogens is 1. The fourth-order valence-corrected chi connectivity index (χ4v) is 4.00. The molecule has 7 heteroatoms. The Morgan fingerprint density at radius 3 is 2.54 bits per heavy atom. The van der Waals surface area contributed by atoms with Gasteiger partial charge in [-0.15, -0.1) is 0 Å². The third-order valence-corrected chi connectivity index (χ3v) is 5.29. The summed E-state index contributed by atoms with van der Waals surface area (Å²) in [6.45, 7) is 3.29. The number of urea groups is 1. The molecule has 0 unspecified atom stereocenters. The normalized spacial score (nSPS) is 22.5. The molecule has 4 rings (SSSR count). The van der Waals surface area contributed by atoms with Gasteiger partial charge in [-0.2, -0.15) is 0 Å². The summed E-state index contributed by atoms with van der Waals surface area (Å²) in [6.07, 6.45) is 5.63. The van der Waals surface area contributed by atoms with Crippen molar-refractivity contribution >= 4 is 11.9 Å². The van der Waals surface area contributed by atoms with E-state index in [0.717, 1.165) is 38.0 Å². The summed E-state index contributed by atoms with van der Waals surface area (Å²) in [6, 6.07) is 4.13. The minimum Gasteiger partial charge on any atom is -0.336 e. The van der Waals surface area contributed by atoms with Crippen LogP contribution in [-0.4, -0.2) is 89.9 Å². The molecule has 3 saturated heterocycles. The molecule has 0 aromatic carbocycles. The van der Waals surface area contributed by atoms with Gasteiger partial charge in [0.2, 0.25) is 5.91 Å². The van der Waals surface area contributed by atoms with E-state index in [1.807, 2.05) is 33.9 Å². The number of amides is 3. The zero-order valence-electron chi connectivity index (χ0n) is 16.0. The van der Waals surface area contributed by atoms with Crippen LogP contribution in [0.4, 0.5) is 4.79 Å². The molecule has 2 bridgehead atoms. The molecule has 1 aromatic heterocycles. The Morgan fingerprint density at radius 1 is 1.12 bits per heavy atom. The molecule has 7 nitrogen and oxygen atoms in total. The highest BCUT2D eigenvalue weighted by Crippen LogP contribution is 2.28. The van der Waals surface area contributed by atoms with Gasteiger partial charge in [0.1, 0.15) is 0 Å². The molecule has 0 N–H and O–H groups in total. The van der Waals surface area contributed by atoms with Crippen LogP contribution in [0.1, 0.15) is 18.4 Å². The Bertz CT molecular complexity index is 636. The highest BCUT2D eigenvalue weighted by Gasteiger charge is 2.38. The number of fused-ring (bicyclic) bond motifs is 4. The molecule has 26 heavy (non-hydrogen) atoms. The van der Waals surface area contributed by atoms with Gasteiger partial charge in [-0.3, -0.25) is 14.7 Å². The van der Waals surface area contributed by atoms with Crippen molar-refractivity contribution in [3.8, 4) is 0 Å². The molecule has 4 heterocycles. The Morgan fingerprint density at radius 2 is 1.85 bits per heavy atom. The smallest absolute Gasteiger partial charge is 0.319 e. The fraction of sp³-hybridized carbons (Fsp3) is 0.632. The molecule has 3 aliphatic rings. The fourth-order valence-electron chi connectivity index (χ4n) is 4.00. The van der Waals surface area contributed by atoms with Gasteiger partial charge in [0.25, 0.3) is 0 Å². The molecule has 142 valence electrons. The van der Waals surface area contributed by atoms with Crippen molar-refractivity contribution in [1.82, 2.24) is 24.6 Å². The van der Waals surface area contributed by atoms with Crippen LogP contribution in [0.5, 0.6) is 0 Å². The molecule has 0 radical (unpaired) electrons. The van der Waals surface area contributed by atoms with Gasteiger partial charge in [-0.05, 0) is 43.5 Å². The zero-order chi connectivity index (χ0) is 18.7. The van der Waals surface area contributed by atoms with Gasteiger partial charge in [0.15, 0.2) is 0 Å². The van der Waals surface area contributed by atoms with E-state index in [-0.39, 0.29) is 18.0 Å². The van der Waals surface area contributed by atoms with Gasteiger partial charge < -0.3 is 14.7 Å². The maximum Gasteiger partial charge on any atom is 0.319 e. The summed E-state index contributed by atoms with van der Waals surface area (Å²) in [7, 11) is 5.54. The summed E-state index contributed by atoms with van der Waals surface area (Å²) in [5, 5.41) is 0. The standard InChI is InChI=1S/C19H29N5O2/c1-21(2)19(26)23-11-16-4-5-17(13-23)24(12-16)18(25)14-22(3)10-15-6-8-20-9-7-15/h6-9,16-17H,4-5,10-14H2,1-3H3/t16-,17+/m1/s1. The van der Waals surface area contributed by atoms with Crippen LogP contribution in [0.15, 0.2) is 24.5 Å². The predicted octanol–water partition coefficient (Wildman–Crippen LogP) is 1.12. The third-order valence-electron chi connectivity index (χ3n) is 5.29. The van der Waals surface area contributed by atoms with Crippen molar-refractivity contribution in [3.63, 3.8) is 0 Å². The summed E-state index contributed by atoms with van der Waals surface area (Å²) in [4.78, 5) is 36.9. The molecule has 3 aliphatic heterocycles. The number of hydrogen-bond acceptors (Lipinski definition) is 4. The highest BCUT2D eigenvalue weighted by molar-refractivity contribution is 5.79. The van der Waals surface area contributed by atoms with Gasteiger partial charge in [-0.1, -0.05) is 0 Å². The molecule has 3 amide bonds. The van der Waals surface area contributed by atoms with Gasteiger partial charge in [0.05, 0.1) is 6.54 Å². The predicted molar refractivity (Wildman–Crippen MR) is 99.5 cm³/mol. The monoisotopic (exact) mass is 359 g/mol. The minimum atomic E-state index is 0.0472. The summed E-state index contributed by atoms with van der Waals surface area (Å²) in [5.74, 6) is 0.544. The van der Waals surface area contributed by atoms with E-state index in [0.29, 0.717) is 19.0 Å².